The first-order valence-electron chi connectivity index (χ1n) is 9.87. The van der Waals surface area contributed by atoms with E-state index in [0.717, 1.165) is 11.8 Å². The number of aromatic nitrogens is 1. The van der Waals surface area contributed by atoms with E-state index in [1.54, 1.807) is 24.3 Å². The van der Waals surface area contributed by atoms with Crippen molar-refractivity contribution >= 4 is 23.2 Å². The molecule has 3 atom stereocenters. The van der Waals surface area contributed by atoms with Crippen LogP contribution >= 0.6 is 11.6 Å². The van der Waals surface area contributed by atoms with Gasteiger partial charge in [0.1, 0.15) is 11.9 Å². The molecule has 8 nitrogen and oxygen atoms in total. The maximum absolute atomic E-state index is 14.4. The minimum absolute atomic E-state index is 0.0462. The molecule has 31 heavy (non-hydrogen) atoms. The smallest absolute Gasteiger partial charge is 0.234 e. The van der Waals surface area contributed by atoms with Crippen molar-refractivity contribution in [2.24, 2.45) is 16.8 Å². The predicted molar refractivity (Wildman–Crippen MR) is 118 cm³/mol. The minimum atomic E-state index is -1.08. The number of aliphatic hydroxyl groups is 1. The zero-order chi connectivity index (χ0) is 23.0. The topological polar surface area (TPSA) is 137 Å². The Morgan fingerprint density at radius 3 is 2.61 bits per heavy atom. The molecule has 0 aliphatic rings. The maximum atomic E-state index is 14.4. The number of benzene rings is 1. The molecule has 166 valence electrons. The lowest BCUT2D eigenvalue weighted by atomic mass is 9.82. The summed E-state index contributed by atoms with van der Waals surface area (Å²) in [5, 5.41) is 16.1. The van der Waals surface area contributed by atoms with Crippen molar-refractivity contribution in [3.63, 3.8) is 0 Å². The van der Waals surface area contributed by atoms with Gasteiger partial charge in [-0.05, 0) is 42.0 Å². The number of azide groups is 1. The van der Waals surface area contributed by atoms with Crippen molar-refractivity contribution in [1.29, 1.82) is 0 Å². The number of pyridine rings is 1. The zero-order valence-corrected chi connectivity index (χ0v) is 18.1. The number of nitrogens with zero attached hydrogens (tertiary/aromatic N) is 4. The Kier molecular flexibility index (Phi) is 9.21. The van der Waals surface area contributed by atoms with Gasteiger partial charge >= 0.3 is 0 Å². The third-order valence-electron chi connectivity index (χ3n) is 5.02. The molecule has 0 radical (unpaired) electrons. The first-order valence-corrected chi connectivity index (χ1v) is 10.3. The Labute approximate surface area is 185 Å². The van der Waals surface area contributed by atoms with Crippen LogP contribution in [0, 0.1) is 11.7 Å². The molecule has 0 saturated carbocycles. The first kappa shape index (κ1) is 24.6. The van der Waals surface area contributed by atoms with Crippen LogP contribution in [0.15, 0.2) is 41.8 Å². The Morgan fingerprint density at radius 1 is 1.35 bits per heavy atom. The van der Waals surface area contributed by atoms with Gasteiger partial charge in [0.2, 0.25) is 5.91 Å². The summed E-state index contributed by atoms with van der Waals surface area (Å²) in [5.74, 6) is -1.65. The number of nitrogens with one attached hydrogen (secondary N) is 1. The molecule has 1 heterocycles. The van der Waals surface area contributed by atoms with Crippen LogP contribution in [0.2, 0.25) is 5.02 Å². The number of carbonyl (C=O) groups excluding carboxylic acids is 1. The average Bonchev–Trinajstić information content (AvgIpc) is 2.73. The highest BCUT2D eigenvalue weighted by molar-refractivity contribution is 6.30. The third-order valence-corrected chi connectivity index (χ3v) is 5.27. The van der Waals surface area contributed by atoms with Gasteiger partial charge in [0.15, 0.2) is 0 Å². The van der Waals surface area contributed by atoms with Crippen LogP contribution < -0.4 is 11.1 Å². The molecule has 10 heteroatoms. The van der Waals surface area contributed by atoms with Crippen LogP contribution in [0.25, 0.3) is 10.4 Å². The van der Waals surface area contributed by atoms with Crippen LogP contribution in [-0.4, -0.2) is 34.7 Å². The summed E-state index contributed by atoms with van der Waals surface area (Å²) >= 11 is 5.97. The van der Waals surface area contributed by atoms with Crippen LogP contribution in [0.3, 0.4) is 0 Å². The Bertz CT molecular complexity index is 934. The van der Waals surface area contributed by atoms with E-state index in [1.165, 1.54) is 6.20 Å². The molecule has 0 saturated heterocycles. The van der Waals surface area contributed by atoms with Crippen molar-refractivity contribution in [1.82, 2.24) is 4.98 Å². The van der Waals surface area contributed by atoms with Crippen molar-refractivity contribution < 1.29 is 14.3 Å². The van der Waals surface area contributed by atoms with Gasteiger partial charge in [0.05, 0.1) is 24.7 Å². The number of hydrogen-bond acceptors (Lipinski definition) is 5. The molecule has 2 rings (SSSR count). The normalized spacial score (nSPS) is 13.9. The standard InChI is InChI=1S/C21H26ClFN6O2/c1-12(2)19(13-3-5-14(22)6-4-13)20(28-29-25)21(31)27-18-10-26-9-17(23)16(18)8-7-15(24)11-30/h3-6,9-10,12,15,19-20,30H,7-8,11,24H2,1-2H3,(H,27,31)/t15?,19-,20+/m1/s1. The summed E-state index contributed by atoms with van der Waals surface area (Å²) in [4.78, 5) is 19.8. The third kappa shape index (κ3) is 6.63. The molecule has 0 fully saturated rings. The predicted octanol–water partition coefficient (Wildman–Crippen LogP) is 4.18. The van der Waals surface area contributed by atoms with E-state index < -0.39 is 29.7 Å². The second kappa shape index (κ2) is 11.6. The van der Waals surface area contributed by atoms with Gasteiger partial charge in [0.25, 0.3) is 0 Å². The summed E-state index contributed by atoms with van der Waals surface area (Å²) < 4.78 is 14.4. The fourth-order valence-corrected chi connectivity index (χ4v) is 3.54. The summed E-state index contributed by atoms with van der Waals surface area (Å²) in [7, 11) is 0. The van der Waals surface area contributed by atoms with Gasteiger partial charge in [-0.2, -0.15) is 0 Å². The molecule has 1 aromatic heterocycles. The summed E-state index contributed by atoms with van der Waals surface area (Å²) in [5.41, 5.74) is 16.0. The lowest BCUT2D eigenvalue weighted by molar-refractivity contribution is -0.118. The van der Waals surface area contributed by atoms with E-state index in [1.807, 2.05) is 13.8 Å². The van der Waals surface area contributed by atoms with E-state index in [-0.39, 0.29) is 30.2 Å². The molecule has 2 aromatic rings. The molecule has 0 bridgehead atoms. The molecular weight excluding hydrogens is 423 g/mol. The Balaban J connectivity index is 2.35. The minimum Gasteiger partial charge on any atom is -0.395 e. The first-order chi connectivity index (χ1) is 14.8. The molecule has 0 spiro atoms. The van der Waals surface area contributed by atoms with Gasteiger partial charge in [-0.3, -0.25) is 9.78 Å². The number of hydrogen-bond donors (Lipinski definition) is 3. The fourth-order valence-electron chi connectivity index (χ4n) is 3.41. The number of carbonyl (C=O) groups is 1. The molecule has 1 unspecified atom stereocenters. The molecular formula is C21H26ClFN6O2. The number of anilines is 1. The van der Waals surface area contributed by atoms with Crippen molar-refractivity contribution in [3.8, 4) is 0 Å². The Hall–Kier alpha value is -2.71. The van der Waals surface area contributed by atoms with Crippen LogP contribution in [0.1, 0.15) is 37.3 Å². The van der Waals surface area contributed by atoms with Crippen molar-refractivity contribution in [2.75, 3.05) is 11.9 Å². The summed E-state index contributed by atoms with van der Waals surface area (Å²) in [6.45, 7) is 3.60. The highest BCUT2D eigenvalue weighted by Crippen LogP contribution is 2.32. The molecule has 4 N–H and O–H groups in total. The highest BCUT2D eigenvalue weighted by atomic mass is 35.5. The molecule has 1 amide bonds. The van der Waals surface area contributed by atoms with Gasteiger partial charge in [0, 0.05) is 27.5 Å². The summed E-state index contributed by atoms with van der Waals surface area (Å²) in [6, 6.07) is 5.38. The van der Waals surface area contributed by atoms with Crippen LogP contribution in [0.4, 0.5) is 10.1 Å². The Morgan fingerprint density at radius 2 is 2.03 bits per heavy atom. The van der Waals surface area contributed by atoms with E-state index in [2.05, 4.69) is 20.3 Å². The quantitative estimate of drug-likeness (QED) is 0.285. The highest BCUT2D eigenvalue weighted by Gasteiger charge is 2.32. The number of rotatable bonds is 10. The average molecular weight is 449 g/mol. The van der Waals surface area contributed by atoms with E-state index >= 15 is 0 Å². The van der Waals surface area contributed by atoms with Gasteiger partial charge < -0.3 is 16.2 Å². The second-order valence-corrected chi connectivity index (χ2v) is 8.03. The lowest BCUT2D eigenvalue weighted by Crippen LogP contribution is -2.34. The van der Waals surface area contributed by atoms with E-state index in [4.69, 9.17) is 28.0 Å². The number of nitrogens with two attached hydrogens (primary N) is 1. The second-order valence-electron chi connectivity index (χ2n) is 7.59. The van der Waals surface area contributed by atoms with Crippen molar-refractivity contribution in [2.45, 2.75) is 44.7 Å². The molecule has 0 aliphatic heterocycles. The van der Waals surface area contributed by atoms with Crippen LogP contribution in [0.5, 0.6) is 0 Å². The molecule has 1 aromatic carbocycles. The fraction of sp³-hybridized carbons (Fsp3) is 0.429. The zero-order valence-electron chi connectivity index (χ0n) is 17.4. The summed E-state index contributed by atoms with van der Waals surface area (Å²) in [6.07, 6.45) is 2.90. The van der Waals surface area contributed by atoms with Crippen molar-refractivity contribution in [3.05, 3.63) is 69.1 Å². The maximum Gasteiger partial charge on any atom is 0.234 e. The SMILES string of the molecule is CC(C)[C@H](c1ccc(Cl)cc1)[C@H](N=[N+]=[N-])C(=O)Nc1cncc(F)c1CCC(N)CO. The van der Waals surface area contributed by atoms with Gasteiger partial charge in [-0.1, -0.05) is 42.7 Å². The van der Waals surface area contributed by atoms with Gasteiger partial charge in [-0.15, -0.1) is 0 Å². The van der Waals surface area contributed by atoms with Crippen LogP contribution in [-0.2, 0) is 11.2 Å². The number of amides is 1. The van der Waals surface area contributed by atoms with Gasteiger partial charge in [-0.25, -0.2) is 4.39 Å². The molecule has 0 aliphatic carbocycles. The number of halogens is 2. The van der Waals surface area contributed by atoms with E-state index in [9.17, 15) is 9.18 Å². The largest absolute Gasteiger partial charge is 0.395 e. The lowest BCUT2D eigenvalue weighted by Gasteiger charge is -2.27. The monoisotopic (exact) mass is 448 g/mol. The number of aliphatic hydroxyl groups excluding tert-OH is 1. The van der Waals surface area contributed by atoms with E-state index in [0.29, 0.717) is 11.4 Å².